The van der Waals surface area contributed by atoms with Gasteiger partial charge >= 0.3 is 0 Å². The highest BCUT2D eigenvalue weighted by Crippen LogP contribution is 2.36. The Morgan fingerprint density at radius 3 is 2.52 bits per heavy atom. The van der Waals surface area contributed by atoms with Crippen molar-refractivity contribution in [3.63, 3.8) is 0 Å². The molecule has 3 rings (SSSR count). The number of aromatic nitrogens is 3. The normalized spacial score (nSPS) is 15.2. The summed E-state index contributed by atoms with van der Waals surface area (Å²) in [6.07, 6.45) is 5.79. The van der Waals surface area contributed by atoms with Crippen LogP contribution in [0.25, 0.3) is 5.69 Å². The van der Waals surface area contributed by atoms with Crippen LogP contribution in [0, 0.1) is 11.3 Å². The zero-order valence-electron chi connectivity index (χ0n) is 13.5. The molecule has 0 radical (unpaired) electrons. The second-order valence-electron chi connectivity index (χ2n) is 5.72. The van der Waals surface area contributed by atoms with Crippen LogP contribution in [-0.2, 0) is 0 Å². The van der Waals surface area contributed by atoms with Crippen molar-refractivity contribution in [1.29, 1.82) is 5.26 Å². The number of hydrogen-bond acceptors (Lipinski definition) is 5. The molecular formula is C17H20N4O2. The number of nitrogens with zero attached hydrogens (tertiary/aromatic N) is 4. The van der Waals surface area contributed by atoms with E-state index in [0.717, 1.165) is 24.2 Å². The lowest BCUT2D eigenvalue weighted by molar-refractivity contribution is 0.354. The van der Waals surface area contributed by atoms with Gasteiger partial charge in [-0.1, -0.05) is 24.5 Å². The van der Waals surface area contributed by atoms with Crippen LogP contribution < -0.4 is 9.47 Å². The van der Waals surface area contributed by atoms with Crippen molar-refractivity contribution in [3.8, 4) is 23.3 Å². The predicted octanol–water partition coefficient (Wildman–Crippen LogP) is 3.20. The zero-order valence-corrected chi connectivity index (χ0v) is 13.5. The molecule has 1 saturated carbocycles. The molecule has 1 aliphatic rings. The summed E-state index contributed by atoms with van der Waals surface area (Å²) < 4.78 is 12.4. The SMILES string of the molecule is COc1ccc(-n2nnc(C#N)c2C2CCCCC2)cc1OC. The minimum absolute atomic E-state index is 0.335. The van der Waals surface area contributed by atoms with Crippen molar-refractivity contribution < 1.29 is 9.47 Å². The molecule has 1 fully saturated rings. The first-order chi connectivity index (χ1) is 11.3. The molecule has 1 aromatic carbocycles. The van der Waals surface area contributed by atoms with E-state index in [1.807, 2.05) is 18.2 Å². The number of methoxy groups -OCH3 is 2. The number of hydrogen-bond donors (Lipinski definition) is 0. The van der Waals surface area contributed by atoms with Crippen molar-refractivity contribution in [1.82, 2.24) is 15.0 Å². The van der Waals surface area contributed by atoms with Gasteiger partial charge in [0, 0.05) is 12.0 Å². The monoisotopic (exact) mass is 312 g/mol. The fourth-order valence-corrected chi connectivity index (χ4v) is 3.26. The number of rotatable bonds is 4. The van der Waals surface area contributed by atoms with Gasteiger partial charge in [-0.2, -0.15) is 5.26 Å². The van der Waals surface area contributed by atoms with Crippen molar-refractivity contribution in [3.05, 3.63) is 29.6 Å². The highest BCUT2D eigenvalue weighted by molar-refractivity contribution is 5.50. The molecule has 0 saturated heterocycles. The molecule has 0 unspecified atom stereocenters. The molecule has 0 bridgehead atoms. The number of nitriles is 1. The van der Waals surface area contributed by atoms with Gasteiger partial charge in [0.1, 0.15) is 6.07 Å². The van der Waals surface area contributed by atoms with Gasteiger partial charge in [-0.05, 0) is 25.0 Å². The van der Waals surface area contributed by atoms with E-state index in [4.69, 9.17) is 9.47 Å². The minimum Gasteiger partial charge on any atom is -0.493 e. The maximum Gasteiger partial charge on any atom is 0.186 e. The fraction of sp³-hybridized carbons (Fsp3) is 0.471. The second-order valence-corrected chi connectivity index (χ2v) is 5.72. The lowest BCUT2D eigenvalue weighted by atomic mass is 9.86. The zero-order chi connectivity index (χ0) is 16.2. The van der Waals surface area contributed by atoms with Gasteiger partial charge in [0.15, 0.2) is 17.2 Å². The van der Waals surface area contributed by atoms with Crippen LogP contribution in [0.4, 0.5) is 0 Å². The lowest BCUT2D eigenvalue weighted by Gasteiger charge is -2.22. The quantitative estimate of drug-likeness (QED) is 0.866. The molecule has 0 aliphatic heterocycles. The topological polar surface area (TPSA) is 73.0 Å². The van der Waals surface area contributed by atoms with Crippen molar-refractivity contribution in [2.45, 2.75) is 38.0 Å². The smallest absolute Gasteiger partial charge is 0.186 e. The molecule has 2 aromatic rings. The molecule has 1 heterocycles. The van der Waals surface area contributed by atoms with Crippen LogP contribution in [0.15, 0.2) is 18.2 Å². The van der Waals surface area contributed by atoms with Gasteiger partial charge in [0.05, 0.1) is 25.6 Å². The molecular weight excluding hydrogens is 292 g/mol. The Labute approximate surface area is 135 Å². The van der Waals surface area contributed by atoms with Gasteiger partial charge < -0.3 is 9.47 Å². The van der Waals surface area contributed by atoms with E-state index < -0.39 is 0 Å². The average molecular weight is 312 g/mol. The van der Waals surface area contributed by atoms with Crippen molar-refractivity contribution >= 4 is 0 Å². The fourth-order valence-electron chi connectivity index (χ4n) is 3.26. The molecule has 23 heavy (non-hydrogen) atoms. The highest BCUT2D eigenvalue weighted by atomic mass is 16.5. The van der Waals surface area contributed by atoms with Crippen LogP contribution in [0.2, 0.25) is 0 Å². The number of benzene rings is 1. The Morgan fingerprint density at radius 2 is 1.87 bits per heavy atom. The van der Waals surface area contributed by atoms with Crippen LogP contribution in [0.3, 0.4) is 0 Å². The van der Waals surface area contributed by atoms with E-state index in [9.17, 15) is 5.26 Å². The molecule has 6 nitrogen and oxygen atoms in total. The van der Waals surface area contributed by atoms with Gasteiger partial charge in [-0.15, -0.1) is 5.10 Å². The maximum atomic E-state index is 9.38. The summed E-state index contributed by atoms with van der Waals surface area (Å²) in [5.74, 6) is 1.63. The molecule has 120 valence electrons. The van der Waals surface area contributed by atoms with Gasteiger partial charge in [-0.25, -0.2) is 4.68 Å². The first-order valence-corrected chi connectivity index (χ1v) is 7.86. The lowest BCUT2D eigenvalue weighted by Crippen LogP contribution is -2.12. The molecule has 0 amide bonds. The summed E-state index contributed by atoms with van der Waals surface area (Å²) in [4.78, 5) is 0. The Morgan fingerprint density at radius 1 is 1.13 bits per heavy atom. The van der Waals surface area contributed by atoms with E-state index >= 15 is 0 Å². The minimum atomic E-state index is 0.335. The Bertz CT molecular complexity index is 727. The average Bonchev–Trinajstić information content (AvgIpc) is 3.05. The third-order valence-corrected chi connectivity index (χ3v) is 4.41. The van der Waals surface area contributed by atoms with Gasteiger partial charge in [-0.3, -0.25) is 0 Å². The first kappa shape index (κ1) is 15.3. The summed E-state index contributed by atoms with van der Waals surface area (Å²) in [7, 11) is 3.21. The van der Waals surface area contributed by atoms with Crippen molar-refractivity contribution in [2.75, 3.05) is 14.2 Å². The Hall–Kier alpha value is -2.55. The second kappa shape index (κ2) is 6.69. The molecule has 0 atom stereocenters. The molecule has 0 N–H and O–H groups in total. The summed E-state index contributed by atoms with van der Waals surface area (Å²) in [6, 6.07) is 7.79. The van der Waals surface area contributed by atoms with E-state index in [1.165, 1.54) is 19.3 Å². The summed E-state index contributed by atoms with van der Waals surface area (Å²) in [5.41, 5.74) is 2.17. The van der Waals surface area contributed by atoms with Crippen LogP contribution in [-0.4, -0.2) is 29.2 Å². The molecule has 0 spiro atoms. The summed E-state index contributed by atoms with van der Waals surface area (Å²) >= 11 is 0. The van der Waals surface area contributed by atoms with Crippen LogP contribution in [0.5, 0.6) is 11.5 Å². The van der Waals surface area contributed by atoms with E-state index in [1.54, 1.807) is 18.9 Å². The van der Waals surface area contributed by atoms with Crippen LogP contribution in [0.1, 0.15) is 49.4 Å². The standard InChI is InChI=1S/C17H20N4O2/c1-22-15-9-8-13(10-16(15)23-2)21-17(14(11-18)19-20-21)12-6-4-3-5-7-12/h8-10,12H,3-7H2,1-2H3. The Kier molecular flexibility index (Phi) is 4.47. The largest absolute Gasteiger partial charge is 0.493 e. The highest BCUT2D eigenvalue weighted by Gasteiger charge is 2.25. The molecule has 1 aliphatic carbocycles. The van der Waals surface area contributed by atoms with Crippen molar-refractivity contribution in [2.24, 2.45) is 0 Å². The van der Waals surface area contributed by atoms with Gasteiger partial charge in [0.25, 0.3) is 0 Å². The maximum absolute atomic E-state index is 9.38. The third-order valence-electron chi connectivity index (χ3n) is 4.41. The summed E-state index contributed by atoms with van der Waals surface area (Å²) in [6.45, 7) is 0. The van der Waals surface area contributed by atoms with E-state index in [-0.39, 0.29) is 0 Å². The third kappa shape index (κ3) is 2.87. The summed E-state index contributed by atoms with van der Waals surface area (Å²) in [5, 5.41) is 17.7. The first-order valence-electron chi connectivity index (χ1n) is 7.86. The molecule has 6 heteroatoms. The van der Waals surface area contributed by atoms with E-state index in [2.05, 4.69) is 16.4 Å². The van der Waals surface area contributed by atoms with E-state index in [0.29, 0.717) is 23.1 Å². The molecule has 1 aromatic heterocycles. The predicted molar refractivity (Wildman–Crippen MR) is 85.0 cm³/mol. The van der Waals surface area contributed by atoms with Crippen LogP contribution >= 0.6 is 0 Å². The number of ether oxygens (including phenoxy) is 2. The van der Waals surface area contributed by atoms with Gasteiger partial charge in [0.2, 0.25) is 0 Å². The Balaban J connectivity index is 2.06.